The van der Waals surface area contributed by atoms with Crippen LogP contribution in [-0.2, 0) is 11.2 Å². The first-order valence-electron chi connectivity index (χ1n) is 7.78. The van der Waals surface area contributed by atoms with Gasteiger partial charge in [0.1, 0.15) is 5.92 Å². The monoisotopic (exact) mass is 321 g/mol. The van der Waals surface area contributed by atoms with Gasteiger partial charge in [-0.25, -0.2) is 0 Å². The quantitative estimate of drug-likeness (QED) is 0.757. The maximum absolute atomic E-state index is 12.7. The molecular formula is C18H19N5O. The Morgan fingerprint density at radius 1 is 1.04 bits per heavy atom. The molecule has 0 fully saturated rings. The first-order chi connectivity index (χ1) is 11.6. The fourth-order valence-corrected chi connectivity index (χ4v) is 2.44. The normalized spacial score (nSPS) is 11.9. The molecule has 1 heterocycles. The topological polar surface area (TPSA) is 83.6 Å². The van der Waals surface area contributed by atoms with Crippen LogP contribution in [0.4, 0.5) is 5.69 Å². The molecule has 1 atom stereocenters. The summed E-state index contributed by atoms with van der Waals surface area (Å²) in [5, 5.41) is 16.9. The molecule has 0 aliphatic heterocycles. The lowest BCUT2D eigenvalue weighted by Gasteiger charge is -2.14. The molecule has 0 aliphatic carbocycles. The number of carbonyl (C=O) groups is 1. The highest BCUT2D eigenvalue weighted by molar-refractivity contribution is 5.95. The summed E-state index contributed by atoms with van der Waals surface area (Å²) in [5.41, 5.74) is 4.12. The zero-order chi connectivity index (χ0) is 16.9. The highest BCUT2D eigenvalue weighted by Crippen LogP contribution is 2.20. The van der Waals surface area contributed by atoms with E-state index < -0.39 is 5.92 Å². The van der Waals surface area contributed by atoms with E-state index in [2.05, 4.69) is 25.9 Å². The number of hydrogen-bond acceptors (Lipinski definition) is 4. The number of anilines is 1. The standard InChI is InChI=1S/C18H19N5O/c1-12-3-7-14(8-4-12)11-16(17-20-22-23-21-17)18(24)19-15-9-5-13(2)6-10-15/h3-10,16H,11H2,1-2H3,(H,19,24)(H,20,21,22,23). The number of rotatable bonds is 5. The van der Waals surface area contributed by atoms with Crippen LogP contribution in [0.15, 0.2) is 48.5 Å². The van der Waals surface area contributed by atoms with Crippen LogP contribution in [0.1, 0.15) is 28.4 Å². The third-order valence-electron chi connectivity index (χ3n) is 3.87. The molecule has 3 rings (SSSR count). The summed E-state index contributed by atoms with van der Waals surface area (Å²) < 4.78 is 0. The van der Waals surface area contributed by atoms with Crippen LogP contribution < -0.4 is 5.32 Å². The van der Waals surface area contributed by atoms with E-state index in [1.165, 1.54) is 5.56 Å². The van der Waals surface area contributed by atoms with Gasteiger partial charge in [-0.2, -0.15) is 5.21 Å². The first-order valence-corrected chi connectivity index (χ1v) is 7.78. The van der Waals surface area contributed by atoms with Crippen molar-refractivity contribution in [1.82, 2.24) is 20.6 Å². The molecule has 0 radical (unpaired) electrons. The van der Waals surface area contributed by atoms with Crippen molar-refractivity contribution in [3.8, 4) is 0 Å². The van der Waals surface area contributed by atoms with Gasteiger partial charge in [-0.3, -0.25) is 4.79 Å². The van der Waals surface area contributed by atoms with E-state index in [0.29, 0.717) is 12.2 Å². The van der Waals surface area contributed by atoms with Gasteiger partial charge in [0.05, 0.1) is 0 Å². The van der Waals surface area contributed by atoms with Gasteiger partial charge in [-0.05, 0) is 38.0 Å². The van der Waals surface area contributed by atoms with Gasteiger partial charge in [-0.1, -0.05) is 52.7 Å². The molecule has 0 saturated carbocycles. The lowest BCUT2D eigenvalue weighted by atomic mass is 9.97. The number of amides is 1. The predicted octanol–water partition coefficient (Wildman–Crippen LogP) is 2.78. The average Bonchev–Trinajstić information content (AvgIpc) is 3.10. The number of nitrogens with zero attached hydrogens (tertiary/aromatic N) is 3. The van der Waals surface area contributed by atoms with E-state index in [4.69, 9.17) is 0 Å². The number of H-pyrrole nitrogens is 1. The van der Waals surface area contributed by atoms with Crippen LogP contribution in [0.5, 0.6) is 0 Å². The van der Waals surface area contributed by atoms with Crippen LogP contribution in [0.3, 0.4) is 0 Å². The van der Waals surface area contributed by atoms with E-state index in [1.807, 2.05) is 62.4 Å². The number of carbonyl (C=O) groups excluding carboxylic acids is 1. The number of aromatic amines is 1. The molecule has 122 valence electrons. The Bertz CT molecular complexity index is 794. The average molecular weight is 321 g/mol. The molecule has 0 bridgehead atoms. The fraction of sp³-hybridized carbons (Fsp3) is 0.222. The second-order valence-corrected chi connectivity index (χ2v) is 5.87. The number of nitrogens with one attached hydrogen (secondary N) is 2. The van der Waals surface area contributed by atoms with Gasteiger partial charge in [-0.15, -0.1) is 10.2 Å². The summed E-state index contributed by atoms with van der Waals surface area (Å²) in [6, 6.07) is 15.8. The zero-order valence-electron chi connectivity index (χ0n) is 13.7. The second-order valence-electron chi connectivity index (χ2n) is 5.87. The molecule has 1 unspecified atom stereocenters. The molecule has 6 heteroatoms. The highest BCUT2D eigenvalue weighted by atomic mass is 16.1. The summed E-state index contributed by atoms with van der Waals surface area (Å²) in [6.07, 6.45) is 0.511. The van der Waals surface area contributed by atoms with Crippen molar-refractivity contribution in [2.75, 3.05) is 5.32 Å². The van der Waals surface area contributed by atoms with E-state index in [0.717, 1.165) is 16.8 Å². The maximum atomic E-state index is 12.7. The SMILES string of the molecule is Cc1ccc(CC(C(=O)Nc2ccc(C)cc2)c2nn[nH]n2)cc1. The first kappa shape index (κ1) is 15.9. The van der Waals surface area contributed by atoms with Crippen molar-refractivity contribution in [3.63, 3.8) is 0 Å². The third kappa shape index (κ3) is 3.84. The molecule has 1 amide bonds. The van der Waals surface area contributed by atoms with Crippen LogP contribution >= 0.6 is 0 Å². The van der Waals surface area contributed by atoms with Gasteiger partial charge in [0.2, 0.25) is 5.91 Å². The van der Waals surface area contributed by atoms with E-state index in [9.17, 15) is 4.79 Å². The van der Waals surface area contributed by atoms with Crippen molar-refractivity contribution >= 4 is 11.6 Å². The molecular weight excluding hydrogens is 302 g/mol. The molecule has 0 saturated heterocycles. The van der Waals surface area contributed by atoms with Gasteiger partial charge in [0, 0.05) is 5.69 Å². The Kier molecular flexibility index (Phi) is 4.65. The highest BCUT2D eigenvalue weighted by Gasteiger charge is 2.25. The van der Waals surface area contributed by atoms with Crippen LogP contribution in [0.25, 0.3) is 0 Å². The molecule has 1 aromatic heterocycles. The number of aromatic nitrogens is 4. The Morgan fingerprint density at radius 2 is 1.67 bits per heavy atom. The van der Waals surface area contributed by atoms with Gasteiger partial charge < -0.3 is 5.32 Å². The van der Waals surface area contributed by atoms with Crippen molar-refractivity contribution in [1.29, 1.82) is 0 Å². The smallest absolute Gasteiger partial charge is 0.235 e. The number of benzene rings is 2. The van der Waals surface area contributed by atoms with Gasteiger partial charge >= 0.3 is 0 Å². The fourth-order valence-electron chi connectivity index (χ4n) is 2.44. The van der Waals surface area contributed by atoms with Crippen LogP contribution in [0.2, 0.25) is 0 Å². The molecule has 2 N–H and O–H groups in total. The summed E-state index contributed by atoms with van der Waals surface area (Å²) in [4.78, 5) is 12.7. The largest absolute Gasteiger partial charge is 0.325 e. The lowest BCUT2D eigenvalue weighted by Crippen LogP contribution is -2.24. The minimum atomic E-state index is -0.507. The Morgan fingerprint density at radius 3 is 2.25 bits per heavy atom. The predicted molar refractivity (Wildman–Crippen MR) is 91.6 cm³/mol. The molecule has 24 heavy (non-hydrogen) atoms. The minimum absolute atomic E-state index is 0.152. The third-order valence-corrected chi connectivity index (χ3v) is 3.87. The number of tetrazole rings is 1. The summed E-state index contributed by atoms with van der Waals surface area (Å²) in [5.74, 6) is -0.270. The van der Waals surface area contributed by atoms with Crippen molar-refractivity contribution in [3.05, 3.63) is 71.0 Å². The summed E-state index contributed by atoms with van der Waals surface area (Å²) in [7, 11) is 0. The molecule has 0 aliphatic rings. The van der Waals surface area contributed by atoms with Gasteiger partial charge in [0.25, 0.3) is 0 Å². The lowest BCUT2D eigenvalue weighted by molar-refractivity contribution is -0.117. The van der Waals surface area contributed by atoms with E-state index in [1.54, 1.807) is 0 Å². The zero-order valence-corrected chi connectivity index (χ0v) is 13.7. The molecule has 3 aromatic rings. The number of hydrogen-bond donors (Lipinski definition) is 2. The maximum Gasteiger partial charge on any atom is 0.235 e. The van der Waals surface area contributed by atoms with Crippen molar-refractivity contribution < 1.29 is 4.79 Å². The van der Waals surface area contributed by atoms with E-state index in [-0.39, 0.29) is 5.91 Å². The molecule has 2 aromatic carbocycles. The Labute approximate surface area is 140 Å². The Hall–Kier alpha value is -3.02. The van der Waals surface area contributed by atoms with Gasteiger partial charge in [0.15, 0.2) is 5.82 Å². The van der Waals surface area contributed by atoms with Crippen LogP contribution in [0, 0.1) is 13.8 Å². The molecule has 6 nitrogen and oxygen atoms in total. The number of aryl methyl sites for hydroxylation is 2. The summed E-state index contributed by atoms with van der Waals surface area (Å²) >= 11 is 0. The van der Waals surface area contributed by atoms with Crippen molar-refractivity contribution in [2.45, 2.75) is 26.2 Å². The summed E-state index contributed by atoms with van der Waals surface area (Å²) in [6.45, 7) is 4.04. The van der Waals surface area contributed by atoms with Crippen LogP contribution in [-0.4, -0.2) is 26.5 Å². The molecule has 0 spiro atoms. The minimum Gasteiger partial charge on any atom is -0.325 e. The van der Waals surface area contributed by atoms with E-state index >= 15 is 0 Å². The Balaban J connectivity index is 1.80. The second kappa shape index (κ2) is 7.04. The van der Waals surface area contributed by atoms with Crippen molar-refractivity contribution in [2.24, 2.45) is 0 Å².